The molecule has 2 aromatic rings. The number of nitrogens with zero attached hydrogens (tertiary/aromatic N) is 2. The van der Waals surface area contributed by atoms with Crippen LogP contribution in [0.25, 0.3) is 0 Å². The number of alkyl halides is 1. The van der Waals surface area contributed by atoms with E-state index in [-0.39, 0.29) is 30.7 Å². The summed E-state index contributed by atoms with van der Waals surface area (Å²) in [6, 6.07) is 9.83. The van der Waals surface area contributed by atoms with Gasteiger partial charge in [-0.05, 0) is 43.2 Å². The number of thiophene rings is 1. The molecule has 0 N–H and O–H groups in total. The van der Waals surface area contributed by atoms with E-state index in [1.165, 1.54) is 9.78 Å². The topological polar surface area (TPSA) is 59.1 Å². The Morgan fingerprint density at radius 3 is 2.44 bits per heavy atom. The fraction of sp³-hybridized carbons (Fsp3) is 0.417. The molecule has 1 aromatic carbocycles. The lowest BCUT2D eigenvalue weighted by molar-refractivity contribution is -0.140. The van der Waals surface area contributed by atoms with Crippen LogP contribution in [0.2, 0.25) is 0 Å². The summed E-state index contributed by atoms with van der Waals surface area (Å²) < 4.78 is 10.7. The van der Waals surface area contributed by atoms with E-state index in [1.807, 2.05) is 37.3 Å². The fourth-order valence-electron chi connectivity index (χ4n) is 3.26. The summed E-state index contributed by atoms with van der Waals surface area (Å²) in [4.78, 5) is 31.2. The van der Waals surface area contributed by atoms with Gasteiger partial charge in [-0.3, -0.25) is 9.59 Å². The predicted molar refractivity (Wildman–Crippen MR) is 130 cm³/mol. The summed E-state index contributed by atoms with van der Waals surface area (Å²) in [5, 5.41) is 0. The zero-order valence-electron chi connectivity index (χ0n) is 18.9. The van der Waals surface area contributed by atoms with Crippen LogP contribution in [0.1, 0.15) is 21.7 Å². The minimum Gasteiger partial charge on any atom is -0.493 e. The third-order valence-corrected chi connectivity index (χ3v) is 6.12. The number of hydrogen-bond donors (Lipinski definition) is 0. The van der Waals surface area contributed by atoms with Gasteiger partial charge in [0.2, 0.25) is 11.8 Å². The normalized spacial score (nSPS) is 10.5. The van der Waals surface area contributed by atoms with Crippen molar-refractivity contribution in [3.05, 3.63) is 58.3 Å². The average Bonchev–Trinajstić information content (AvgIpc) is 3.20. The Kier molecular flexibility index (Phi) is 10.6. The molecule has 0 aliphatic heterocycles. The van der Waals surface area contributed by atoms with Gasteiger partial charge in [0.1, 0.15) is 6.54 Å². The van der Waals surface area contributed by atoms with E-state index in [0.29, 0.717) is 37.6 Å². The van der Waals surface area contributed by atoms with Gasteiger partial charge in [0.15, 0.2) is 11.5 Å². The number of amides is 2. The molecule has 0 saturated heterocycles. The molecular formula is C24H31ClN2O4S. The van der Waals surface area contributed by atoms with Crippen molar-refractivity contribution in [2.24, 2.45) is 0 Å². The molecule has 0 spiro atoms. The van der Waals surface area contributed by atoms with Crippen LogP contribution in [0.4, 0.5) is 0 Å². The third kappa shape index (κ3) is 7.57. The molecule has 32 heavy (non-hydrogen) atoms. The number of benzene rings is 1. The van der Waals surface area contributed by atoms with Crippen molar-refractivity contribution in [1.82, 2.24) is 9.80 Å². The Hall–Kier alpha value is -2.51. The Labute approximate surface area is 199 Å². The van der Waals surface area contributed by atoms with Crippen molar-refractivity contribution < 1.29 is 19.1 Å². The highest BCUT2D eigenvalue weighted by atomic mass is 35.5. The number of carbonyl (C=O) groups excluding carboxylic acids is 2. The molecule has 0 radical (unpaired) electrons. The molecule has 2 rings (SSSR count). The summed E-state index contributed by atoms with van der Waals surface area (Å²) in [6.45, 7) is 7.06. The van der Waals surface area contributed by atoms with Gasteiger partial charge in [0.25, 0.3) is 0 Å². The second kappa shape index (κ2) is 13.1. The van der Waals surface area contributed by atoms with Crippen molar-refractivity contribution in [2.75, 3.05) is 39.7 Å². The second-order valence-electron chi connectivity index (χ2n) is 7.27. The quantitative estimate of drug-likeness (QED) is 0.318. The second-order valence-corrected chi connectivity index (χ2v) is 9.02. The number of halogens is 1. The molecule has 0 aliphatic rings. The van der Waals surface area contributed by atoms with Crippen LogP contribution < -0.4 is 9.47 Å². The molecule has 0 aliphatic carbocycles. The van der Waals surface area contributed by atoms with E-state index in [9.17, 15) is 9.59 Å². The third-order valence-electron chi connectivity index (χ3n) is 4.95. The molecular weight excluding hydrogens is 448 g/mol. The number of ether oxygens (including phenoxy) is 2. The maximum atomic E-state index is 13.2. The van der Waals surface area contributed by atoms with Crippen LogP contribution in [0.5, 0.6) is 11.5 Å². The molecule has 6 nitrogen and oxygen atoms in total. The Balaban J connectivity index is 2.16. The molecule has 0 bridgehead atoms. The molecule has 174 valence electrons. The summed E-state index contributed by atoms with van der Waals surface area (Å²) >= 11 is 7.39. The van der Waals surface area contributed by atoms with Crippen molar-refractivity contribution >= 4 is 34.8 Å². The maximum Gasteiger partial charge on any atom is 0.242 e. The van der Waals surface area contributed by atoms with Crippen LogP contribution in [0, 0.1) is 6.92 Å². The summed E-state index contributed by atoms with van der Waals surface area (Å²) in [5.74, 6) is 1.27. The van der Waals surface area contributed by atoms with Crippen LogP contribution >= 0.6 is 22.9 Å². The molecule has 8 heteroatoms. The van der Waals surface area contributed by atoms with Gasteiger partial charge in [-0.25, -0.2) is 0 Å². The van der Waals surface area contributed by atoms with Crippen molar-refractivity contribution in [2.45, 2.75) is 26.3 Å². The van der Waals surface area contributed by atoms with Crippen molar-refractivity contribution in [3.63, 3.8) is 0 Å². The summed E-state index contributed by atoms with van der Waals surface area (Å²) in [7, 11) is 3.20. The minimum absolute atomic E-state index is 0.00195. The van der Waals surface area contributed by atoms with Crippen LogP contribution in [0.3, 0.4) is 0 Å². The molecule has 0 fully saturated rings. The Morgan fingerprint density at radius 2 is 1.84 bits per heavy atom. The van der Waals surface area contributed by atoms with Gasteiger partial charge in [0, 0.05) is 35.1 Å². The first-order valence-electron chi connectivity index (χ1n) is 10.4. The SMILES string of the molecule is C=CCN(CC(=O)N(CCc1ccc(OC)c(OC)c1)Cc1ccc(C)s1)C(=O)CCCl. The van der Waals surface area contributed by atoms with E-state index in [2.05, 4.69) is 6.58 Å². The number of hydrogen-bond acceptors (Lipinski definition) is 5. The van der Waals surface area contributed by atoms with Crippen molar-refractivity contribution in [1.29, 1.82) is 0 Å². The van der Waals surface area contributed by atoms with E-state index >= 15 is 0 Å². The van der Waals surface area contributed by atoms with Gasteiger partial charge in [-0.1, -0.05) is 12.1 Å². The van der Waals surface area contributed by atoms with E-state index in [4.69, 9.17) is 21.1 Å². The Morgan fingerprint density at radius 1 is 1.09 bits per heavy atom. The standard InChI is InChI=1S/C24H31ClN2O4S/c1-5-13-26(23(28)10-12-25)17-24(29)27(16-20-8-6-18(2)32-20)14-11-19-7-9-21(30-3)22(15-19)31-4/h5-9,15H,1,10-14,16-17H2,2-4H3. The molecule has 0 atom stereocenters. The zero-order valence-corrected chi connectivity index (χ0v) is 20.5. The minimum atomic E-state index is -0.153. The van der Waals surface area contributed by atoms with Gasteiger partial charge >= 0.3 is 0 Å². The first kappa shape index (κ1) is 25.7. The summed E-state index contributed by atoms with van der Waals surface area (Å²) in [6.07, 6.45) is 2.46. The number of methoxy groups -OCH3 is 2. The molecule has 1 aromatic heterocycles. The maximum absolute atomic E-state index is 13.2. The highest BCUT2D eigenvalue weighted by Crippen LogP contribution is 2.28. The molecule has 2 amide bonds. The van der Waals surface area contributed by atoms with Gasteiger partial charge in [-0.2, -0.15) is 0 Å². The highest BCUT2D eigenvalue weighted by Gasteiger charge is 2.21. The first-order chi connectivity index (χ1) is 15.4. The van der Waals surface area contributed by atoms with Gasteiger partial charge in [0.05, 0.1) is 20.8 Å². The average molecular weight is 479 g/mol. The number of rotatable bonds is 13. The highest BCUT2D eigenvalue weighted by molar-refractivity contribution is 7.11. The Bertz CT molecular complexity index is 915. The molecule has 1 heterocycles. The van der Waals surface area contributed by atoms with Crippen LogP contribution in [0.15, 0.2) is 43.0 Å². The van der Waals surface area contributed by atoms with E-state index in [0.717, 1.165) is 10.4 Å². The first-order valence-corrected chi connectivity index (χ1v) is 11.8. The van der Waals surface area contributed by atoms with Crippen LogP contribution in [-0.4, -0.2) is 61.3 Å². The lowest BCUT2D eigenvalue weighted by atomic mass is 10.1. The molecule has 0 saturated carbocycles. The smallest absolute Gasteiger partial charge is 0.242 e. The lowest BCUT2D eigenvalue weighted by Crippen LogP contribution is -2.43. The van der Waals surface area contributed by atoms with Gasteiger partial charge in [-0.15, -0.1) is 29.5 Å². The predicted octanol–water partition coefficient (Wildman–Crippen LogP) is 4.29. The number of carbonyl (C=O) groups is 2. The van der Waals surface area contributed by atoms with Gasteiger partial charge < -0.3 is 19.3 Å². The zero-order chi connectivity index (χ0) is 23.5. The molecule has 0 unspecified atom stereocenters. The number of aryl methyl sites for hydroxylation is 1. The van der Waals surface area contributed by atoms with E-state index in [1.54, 1.807) is 36.5 Å². The monoisotopic (exact) mass is 478 g/mol. The summed E-state index contributed by atoms with van der Waals surface area (Å²) in [5.41, 5.74) is 1.03. The van der Waals surface area contributed by atoms with Crippen molar-refractivity contribution in [3.8, 4) is 11.5 Å². The van der Waals surface area contributed by atoms with Crippen LogP contribution in [-0.2, 0) is 22.6 Å². The largest absolute Gasteiger partial charge is 0.493 e. The fourth-order valence-corrected chi connectivity index (χ4v) is 4.33. The lowest BCUT2D eigenvalue weighted by Gasteiger charge is -2.27. The van der Waals surface area contributed by atoms with E-state index < -0.39 is 0 Å².